The molecule has 0 fully saturated rings. The Bertz CT molecular complexity index is 1010. The van der Waals surface area contributed by atoms with Crippen LogP contribution in [0.15, 0.2) is 84.9 Å². The monoisotopic (exact) mass is 390 g/mol. The van der Waals surface area contributed by atoms with E-state index in [1.165, 1.54) is 18.2 Å². The van der Waals surface area contributed by atoms with Crippen LogP contribution in [0.2, 0.25) is 0 Å². The Morgan fingerprint density at radius 2 is 1.38 bits per heavy atom. The number of urea groups is 1. The number of nitro benzene ring substituents is 1. The smallest absolute Gasteiger partial charge is 0.320 e. The van der Waals surface area contributed by atoms with E-state index in [1.807, 2.05) is 6.07 Å². The molecule has 0 aliphatic rings. The summed E-state index contributed by atoms with van der Waals surface area (Å²) in [6.07, 6.45) is 0. The maximum absolute atomic E-state index is 12.8. The van der Waals surface area contributed by atoms with Gasteiger partial charge in [0.1, 0.15) is 11.7 Å². The van der Waals surface area contributed by atoms with Crippen molar-refractivity contribution < 1.29 is 14.5 Å². The number of hydrogen-bond acceptors (Lipinski definition) is 4. The molecule has 3 rings (SSSR count). The summed E-state index contributed by atoms with van der Waals surface area (Å²) >= 11 is 0. The van der Waals surface area contributed by atoms with Gasteiger partial charge in [-0.25, -0.2) is 4.79 Å². The molecule has 146 valence electrons. The van der Waals surface area contributed by atoms with Crippen molar-refractivity contribution in [3.05, 3.63) is 101 Å². The third kappa shape index (κ3) is 5.16. The Morgan fingerprint density at radius 3 is 2.03 bits per heavy atom. The first-order valence-corrected chi connectivity index (χ1v) is 8.76. The molecule has 1 atom stereocenters. The highest BCUT2D eigenvalue weighted by Crippen LogP contribution is 2.23. The SMILES string of the molecule is O=C(Nc1ccccc1[N+](=O)[O-])N[C@H](C(=O)Nc1ccccc1)c1ccccc1. The van der Waals surface area contributed by atoms with Gasteiger partial charge in [-0.1, -0.05) is 60.7 Å². The molecule has 0 heterocycles. The summed E-state index contributed by atoms with van der Waals surface area (Å²) in [7, 11) is 0. The molecule has 8 heteroatoms. The number of benzene rings is 3. The summed E-state index contributed by atoms with van der Waals surface area (Å²) in [4.78, 5) is 35.9. The van der Waals surface area contributed by atoms with Crippen LogP contribution < -0.4 is 16.0 Å². The maximum Gasteiger partial charge on any atom is 0.320 e. The summed E-state index contributed by atoms with van der Waals surface area (Å²) in [5.74, 6) is -0.444. The summed E-state index contributed by atoms with van der Waals surface area (Å²) < 4.78 is 0. The first kappa shape index (κ1) is 19.6. The molecule has 0 saturated heterocycles. The highest BCUT2D eigenvalue weighted by atomic mass is 16.6. The quantitative estimate of drug-likeness (QED) is 0.434. The van der Waals surface area contributed by atoms with Crippen molar-refractivity contribution in [1.29, 1.82) is 0 Å². The minimum Gasteiger partial charge on any atom is -0.324 e. The van der Waals surface area contributed by atoms with Crippen LogP contribution in [-0.4, -0.2) is 16.9 Å². The van der Waals surface area contributed by atoms with Crippen molar-refractivity contribution in [2.45, 2.75) is 6.04 Å². The predicted octanol–water partition coefficient (Wildman–Crippen LogP) is 4.10. The fourth-order valence-electron chi connectivity index (χ4n) is 2.71. The lowest BCUT2D eigenvalue weighted by molar-refractivity contribution is -0.383. The Hall–Kier alpha value is -4.20. The van der Waals surface area contributed by atoms with Crippen molar-refractivity contribution >= 4 is 29.0 Å². The molecule has 3 aromatic rings. The molecular weight excluding hydrogens is 372 g/mol. The zero-order valence-electron chi connectivity index (χ0n) is 15.2. The van der Waals surface area contributed by atoms with Crippen LogP contribution in [-0.2, 0) is 4.79 Å². The molecule has 0 aliphatic carbocycles. The minimum absolute atomic E-state index is 0.0327. The third-order valence-electron chi connectivity index (χ3n) is 4.06. The molecule has 0 aliphatic heterocycles. The number of amides is 3. The van der Waals surface area contributed by atoms with Crippen LogP contribution in [0.25, 0.3) is 0 Å². The van der Waals surface area contributed by atoms with Crippen LogP contribution >= 0.6 is 0 Å². The van der Waals surface area contributed by atoms with Crippen molar-refractivity contribution in [2.24, 2.45) is 0 Å². The van der Waals surface area contributed by atoms with E-state index in [1.54, 1.807) is 60.7 Å². The lowest BCUT2D eigenvalue weighted by Crippen LogP contribution is -2.39. The number of carbonyl (C=O) groups is 2. The van der Waals surface area contributed by atoms with E-state index in [4.69, 9.17) is 0 Å². The first-order valence-electron chi connectivity index (χ1n) is 8.76. The fraction of sp³-hybridized carbons (Fsp3) is 0.0476. The van der Waals surface area contributed by atoms with Gasteiger partial charge < -0.3 is 16.0 Å². The van der Waals surface area contributed by atoms with E-state index in [9.17, 15) is 19.7 Å². The van der Waals surface area contributed by atoms with Gasteiger partial charge in [0.25, 0.3) is 11.6 Å². The van der Waals surface area contributed by atoms with E-state index < -0.39 is 22.9 Å². The van der Waals surface area contributed by atoms with Crippen molar-refractivity contribution in [1.82, 2.24) is 5.32 Å². The van der Waals surface area contributed by atoms with Gasteiger partial charge in [-0.15, -0.1) is 0 Å². The molecule has 3 amide bonds. The van der Waals surface area contributed by atoms with Crippen LogP contribution in [0.3, 0.4) is 0 Å². The second-order valence-electron chi connectivity index (χ2n) is 6.07. The average molecular weight is 390 g/mol. The molecule has 0 spiro atoms. The lowest BCUT2D eigenvalue weighted by atomic mass is 10.1. The van der Waals surface area contributed by atoms with Gasteiger partial charge >= 0.3 is 6.03 Å². The van der Waals surface area contributed by atoms with E-state index >= 15 is 0 Å². The van der Waals surface area contributed by atoms with Gasteiger partial charge in [-0.3, -0.25) is 14.9 Å². The Morgan fingerprint density at radius 1 is 0.793 bits per heavy atom. The maximum atomic E-state index is 12.8. The number of para-hydroxylation sites is 3. The van der Waals surface area contributed by atoms with Crippen molar-refractivity contribution in [2.75, 3.05) is 10.6 Å². The van der Waals surface area contributed by atoms with Crippen LogP contribution in [0.4, 0.5) is 21.9 Å². The lowest BCUT2D eigenvalue weighted by Gasteiger charge is -2.19. The largest absolute Gasteiger partial charge is 0.324 e. The number of anilines is 2. The second kappa shape index (κ2) is 9.14. The molecule has 3 aromatic carbocycles. The molecule has 0 radical (unpaired) electrons. The first-order chi connectivity index (χ1) is 14.0. The number of hydrogen-bond donors (Lipinski definition) is 3. The number of nitrogens with one attached hydrogen (secondary N) is 3. The predicted molar refractivity (Wildman–Crippen MR) is 110 cm³/mol. The van der Waals surface area contributed by atoms with E-state index in [0.717, 1.165) is 0 Å². The van der Waals surface area contributed by atoms with Gasteiger partial charge in [0.2, 0.25) is 0 Å². The molecule has 0 unspecified atom stereocenters. The molecule has 0 aromatic heterocycles. The highest BCUT2D eigenvalue weighted by molar-refractivity contribution is 6.00. The zero-order valence-corrected chi connectivity index (χ0v) is 15.2. The molecule has 8 nitrogen and oxygen atoms in total. The number of nitro groups is 1. The second-order valence-corrected chi connectivity index (χ2v) is 6.07. The third-order valence-corrected chi connectivity index (χ3v) is 4.06. The van der Waals surface area contributed by atoms with E-state index in [2.05, 4.69) is 16.0 Å². The normalized spacial score (nSPS) is 11.2. The Labute approximate surface area is 166 Å². The standard InChI is InChI=1S/C21H18N4O4/c26-20(22-16-11-5-2-6-12-16)19(15-9-3-1-4-10-15)24-21(27)23-17-13-7-8-14-18(17)25(28)29/h1-14,19H,(H,22,26)(H2,23,24,27)/t19-/m0/s1. The van der Waals surface area contributed by atoms with Crippen molar-refractivity contribution in [3.63, 3.8) is 0 Å². The van der Waals surface area contributed by atoms with Crippen molar-refractivity contribution in [3.8, 4) is 0 Å². The summed E-state index contributed by atoms with van der Waals surface area (Å²) in [5, 5.41) is 18.9. The molecule has 0 bridgehead atoms. The number of carbonyl (C=O) groups excluding carboxylic acids is 2. The van der Waals surface area contributed by atoms with Crippen LogP contribution in [0, 0.1) is 10.1 Å². The molecular formula is C21H18N4O4. The van der Waals surface area contributed by atoms with Crippen LogP contribution in [0.1, 0.15) is 11.6 Å². The summed E-state index contributed by atoms with van der Waals surface area (Å²) in [6, 6.07) is 21.6. The highest BCUT2D eigenvalue weighted by Gasteiger charge is 2.24. The van der Waals surface area contributed by atoms with E-state index in [-0.39, 0.29) is 11.4 Å². The summed E-state index contributed by atoms with van der Waals surface area (Å²) in [6.45, 7) is 0. The molecule has 0 saturated carbocycles. The van der Waals surface area contributed by atoms with Gasteiger partial charge in [0.05, 0.1) is 4.92 Å². The minimum atomic E-state index is -1.00. The molecule has 29 heavy (non-hydrogen) atoms. The van der Waals surface area contributed by atoms with Gasteiger partial charge in [-0.2, -0.15) is 0 Å². The topological polar surface area (TPSA) is 113 Å². The van der Waals surface area contributed by atoms with Gasteiger partial charge in [0, 0.05) is 11.8 Å². The number of nitrogens with zero attached hydrogens (tertiary/aromatic N) is 1. The zero-order chi connectivity index (χ0) is 20.6. The number of rotatable bonds is 6. The Balaban J connectivity index is 1.79. The average Bonchev–Trinajstić information content (AvgIpc) is 2.73. The fourth-order valence-corrected chi connectivity index (χ4v) is 2.71. The summed E-state index contributed by atoms with van der Waals surface area (Å²) in [5.41, 5.74) is 0.941. The van der Waals surface area contributed by atoms with Gasteiger partial charge in [-0.05, 0) is 23.8 Å². The van der Waals surface area contributed by atoms with Gasteiger partial charge in [0.15, 0.2) is 0 Å². The van der Waals surface area contributed by atoms with E-state index in [0.29, 0.717) is 11.3 Å². The molecule has 3 N–H and O–H groups in total. The Kier molecular flexibility index (Phi) is 6.16. The van der Waals surface area contributed by atoms with Crippen LogP contribution in [0.5, 0.6) is 0 Å².